The number of nitrogens with one attached hydrogen (secondary N) is 1. The highest BCUT2D eigenvalue weighted by molar-refractivity contribution is 5.95. The molecule has 0 fully saturated rings. The van der Waals surface area contributed by atoms with Crippen LogP contribution in [0.25, 0.3) is 5.69 Å². The van der Waals surface area contributed by atoms with Crippen molar-refractivity contribution in [2.45, 2.75) is 27.7 Å². The molecule has 0 radical (unpaired) electrons. The first kappa shape index (κ1) is 15.8. The van der Waals surface area contributed by atoms with E-state index in [1.807, 2.05) is 27.7 Å². The molecule has 0 aliphatic carbocycles. The molecule has 0 aliphatic rings. The summed E-state index contributed by atoms with van der Waals surface area (Å²) in [7, 11) is 1.37. The molecule has 1 aromatic carbocycles. The summed E-state index contributed by atoms with van der Waals surface area (Å²) in [6.07, 6.45) is -0.104. The van der Waals surface area contributed by atoms with Crippen LogP contribution in [0.1, 0.15) is 26.3 Å². The van der Waals surface area contributed by atoms with Gasteiger partial charge in [0.2, 0.25) is 5.91 Å². The highest BCUT2D eigenvalue weighted by atomic mass is 16.6. The van der Waals surface area contributed by atoms with Crippen LogP contribution in [-0.4, -0.2) is 22.8 Å². The Bertz CT molecular complexity index is 753. The predicted molar refractivity (Wildman–Crippen MR) is 81.5 cm³/mol. The van der Waals surface area contributed by atoms with E-state index in [1.54, 1.807) is 18.2 Å². The van der Waals surface area contributed by atoms with Crippen LogP contribution >= 0.6 is 0 Å². The maximum atomic E-state index is 12.0. The third-order valence-electron chi connectivity index (χ3n) is 3.09. The average Bonchev–Trinajstić information content (AvgIpc) is 2.81. The summed E-state index contributed by atoms with van der Waals surface area (Å²) in [6, 6.07) is 5.14. The number of carbonyl (C=O) groups excluding carboxylic acids is 1. The number of hydrogen-bond acceptors (Lipinski definition) is 5. The fourth-order valence-corrected chi connectivity index (χ4v) is 1.74. The number of aryl methyl sites for hydroxylation is 1. The molecule has 0 spiro atoms. The van der Waals surface area contributed by atoms with Crippen LogP contribution in [0.5, 0.6) is 6.08 Å². The molecule has 1 aromatic heterocycles. The lowest BCUT2D eigenvalue weighted by Gasteiger charge is -2.19. The summed E-state index contributed by atoms with van der Waals surface area (Å²) in [4.78, 5) is 23.7. The quantitative estimate of drug-likeness (QED) is 0.938. The van der Waals surface area contributed by atoms with Crippen molar-refractivity contribution in [1.29, 1.82) is 0 Å². The summed E-state index contributed by atoms with van der Waals surface area (Å²) >= 11 is 0. The minimum atomic E-state index is -0.636. The number of rotatable bonds is 3. The van der Waals surface area contributed by atoms with Crippen molar-refractivity contribution in [3.63, 3.8) is 0 Å². The monoisotopic (exact) mass is 305 g/mol. The van der Waals surface area contributed by atoms with Crippen molar-refractivity contribution in [2.24, 2.45) is 5.41 Å². The number of nitrogens with zero attached hydrogens (tertiary/aromatic N) is 2. The van der Waals surface area contributed by atoms with E-state index in [-0.39, 0.29) is 12.0 Å². The lowest BCUT2D eigenvalue weighted by molar-refractivity contribution is -0.123. The minimum Gasteiger partial charge on any atom is -0.452 e. The maximum Gasteiger partial charge on any atom is 0.444 e. The molecule has 22 heavy (non-hydrogen) atoms. The number of amides is 1. The number of hydrogen-bond donors (Lipinski definition) is 1. The van der Waals surface area contributed by atoms with Crippen LogP contribution in [0.2, 0.25) is 0 Å². The molecule has 7 heteroatoms. The average molecular weight is 305 g/mol. The Labute approximate surface area is 127 Å². The Hall–Kier alpha value is -2.57. The van der Waals surface area contributed by atoms with Gasteiger partial charge < -0.3 is 14.5 Å². The van der Waals surface area contributed by atoms with Gasteiger partial charge in [-0.25, -0.2) is 4.79 Å². The SMILES string of the molecule is COc1nn(-c2ccc(NC(=O)C(C)(C)C)c(C)c2)c(=O)o1. The Kier molecular flexibility index (Phi) is 4.07. The zero-order valence-corrected chi connectivity index (χ0v) is 13.3. The smallest absolute Gasteiger partial charge is 0.444 e. The molecule has 1 N–H and O–H groups in total. The van der Waals surface area contributed by atoms with E-state index in [2.05, 4.69) is 10.4 Å². The fraction of sp³-hybridized carbons (Fsp3) is 0.400. The molecule has 1 heterocycles. The summed E-state index contributed by atoms with van der Waals surface area (Å²) in [5.41, 5.74) is 1.54. The fourth-order valence-electron chi connectivity index (χ4n) is 1.74. The largest absolute Gasteiger partial charge is 0.452 e. The number of methoxy groups -OCH3 is 1. The first-order chi connectivity index (χ1) is 10.2. The summed E-state index contributed by atoms with van der Waals surface area (Å²) < 4.78 is 10.7. The van der Waals surface area contributed by atoms with Gasteiger partial charge in [-0.2, -0.15) is 4.68 Å². The zero-order valence-electron chi connectivity index (χ0n) is 13.3. The van der Waals surface area contributed by atoms with Crippen LogP contribution < -0.4 is 15.8 Å². The molecule has 2 aromatic rings. The molecule has 1 amide bonds. The van der Waals surface area contributed by atoms with E-state index >= 15 is 0 Å². The van der Waals surface area contributed by atoms with Gasteiger partial charge in [0.1, 0.15) is 0 Å². The molecule has 0 saturated carbocycles. The Morgan fingerprint density at radius 2 is 2.05 bits per heavy atom. The molecular formula is C15H19N3O4. The second-order valence-electron chi connectivity index (χ2n) is 5.95. The molecule has 118 valence electrons. The third kappa shape index (κ3) is 3.19. The summed E-state index contributed by atoms with van der Waals surface area (Å²) in [5, 5.41) is 6.76. The van der Waals surface area contributed by atoms with Gasteiger partial charge in [0.15, 0.2) is 0 Å². The number of ether oxygens (including phenoxy) is 1. The van der Waals surface area contributed by atoms with E-state index in [0.717, 1.165) is 10.2 Å². The van der Waals surface area contributed by atoms with Gasteiger partial charge in [-0.3, -0.25) is 4.79 Å². The third-order valence-corrected chi connectivity index (χ3v) is 3.09. The molecule has 0 bridgehead atoms. The van der Waals surface area contributed by atoms with Gasteiger partial charge in [-0.1, -0.05) is 25.9 Å². The topological polar surface area (TPSA) is 86.4 Å². The first-order valence-corrected chi connectivity index (χ1v) is 6.79. The predicted octanol–water partition coefficient (Wildman–Crippen LogP) is 2.13. The van der Waals surface area contributed by atoms with Crippen molar-refractivity contribution in [3.05, 3.63) is 34.3 Å². The Balaban J connectivity index is 2.32. The Morgan fingerprint density at radius 1 is 1.36 bits per heavy atom. The second kappa shape index (κ2) is 5.67. The minimum absolute atomic E-state index is 0.0800. The number of aromatic nitrogens is 2. The van der Waals surface area contributed by atoms with Crippen molar-refractivity contribution in [2.75, 3.05) is 12.4 Å². The number of benzene rings is 1. The first-order valence-electron chi connectivity index (χ1n) is 6.79. The van der Waals surface area contributed by atoms with Gasteiger partial charge in [0.25, 0.3) is 0 Å². The molecule has 7 nitrogen and oxygen atoms in total. The number of anilines is 1. The lowest BCUT2D eigenvalue weighted by Crippen LogP contribution is -2.28. The van der Waals surface area contributed by atoms with Crippen LogP contribution in [-0.2, 0) is 4.79 Å². The second-order valence-corrected chi connectivity index (χ2v) is 5.95. The van der Waals surface area contributed by atoms with Crippen LogP contribution in [0.4, 0.5) is 5.69 Å². The highest BCUT2D eigenvalue weighted by Gasteiger charge is 2.21. The van der Waals surface area contributed by atoms with Crippen molar-refractivity contribution in [1.82, 2.24) is 9.78 Å². The lowest BCUT2D eigenvalue weighted by atomic mass is 9.95. The number of carbonyl (C=O) groups is 1. The van der Waals surface area contributed by atoms with Gasteiger partial charge in [-0.15, -0.1) is 0 Å². The molecule has 0 saturated heterocycles. The summed E-state index contributed by atoms with van der Waals surface area (Å²) in [6.45, 7) is 7.36. The van der Waals surface area contributed by atoms with Crippen molar-refractivity contribution < 1.29 is 13.9 Å². The van der Waals surface area contributed by atoms with E-state index in [0.29, 0.717) is 11.4 Å². The Morgan fingerprint density at radius 3 is 2.55 bits per heavy atom. The molecular weight excluding hydrogens is 286 g/mol. The van der Waals surface area contributed by atoms with Crippen LogP contribution in [0.15, 0.2) is 27.4 Å². The standard InChI is InChI=1S/C15H19N3O4/c1-9-8-10(18-14(20)22-13(17-18)21-5)6-7-11(9)16-12(19)15(2,3)4/h6-8H,1-5H3,(H,16,19). The normalized spacial score (nSPS) is 11.3. The van der Waals surface area contributed by atoms with E-state index in [9.17, 15) is 9.59 Å². The zero-order chi connectivity index (χ0) is 16.5. The van der Waals surface area contributed by atoms with Gasteiger partial charge in [0, 0.05) is 11.1 Å². The van der Waals surface area contributed by atoms with Crippen LogP contribution in [0, 0.1) is 12.3 Å². The molecule has 0 aliphatic heterocycles. The van der Waals surface area contributed by atoms with Crippen molar-refractivity contribution >= 4 is 11.6 Å². The molecule has 0 atom stereocenters. The van der Waals surface area contributed by atoms with Crippen molar-refractivity contribution in [3.8, 4) is 11.8 Å². The van der Waals surface area contributed by atoms with E-state index in [4.69, 9.17) is 9.15 Å². The highest BCUT2D eigenvalue weighted by Crippen LogP contribution is 2.22. The van der Waals surface area contributed by atoms with Gasteiger partial charge >= 0.3 is 11.8 Å². The van der Waals surface area contributed by atoms with E-state index in [1.165, 1.54) is 7.11 Å². The summed E-state index contributed by atoms with van der Waals surface area (Å²) in [5.74, 6) is -0.716. The van der Waals surface area contributed by atoms with Gasteiger partial charge in [-0.05, 0) is 30.7 Å². The molecule has 2 rings (SSSR count). The van der Waals surface area contributed by atoms with E-state index < -0.39 is 11.2 Å². The molecule has 0 unspecified atom stereocenters. The van der Waals surface area contributed by atoms with Gasteiger partial charge in [0.05, 0.1) is 12.8 Å². The maximum absolute atomic E-state index is 12.0. The van der Waals surface area contributed by atoms with Crippen LogP contribution in [0.3, 0.4) is 0 Å².